The topological polar surface area (TPSA) is 60.7 Å². The Kier molecular flexibility index (Phi) is 5.23. The zero-order chi connectivity index (χ0) is 21.5. The van der Waals surface area contributed by atoms with Gasteiger partial charge in [0.05, 0.1) is 0 Å². The summed E-state index contributed by atoms with van der Waals surface area (Å²) < 4.78 is 0. The van der Waals surface area contributed by atoms with Crippen LogP contribution in [0.1, 0.15) is 65.0 Å². The van der Waals surface area contributed by atoms with Crippen molar-refractivity contribution in [3.8, 4) is 17.2 Å². The monoisotopic (exact) mass is 402 g/mol. The van der Waals surface area contributed by atoms with E-state index in [0.29, 0.717) is 23.2 Å². The summed E-state index contributed by atoms with van der Waals surface area (Å²) in [6, 6.07) is 17.9. The van der Waals surface area contributed by atoms with E-state index in [1.807, 2.05) is 26.8 Å². The second kappa shape index (κ2) is 7.71. The Bertz CT molecular complexity index is 1030. The van der Waals surface area contributed by atoms with Crippen molar-refractivity contribution in [3.05, 3.63) is 88.0 Å². The lowest BCUT2D eigenvalue weighted by Gasteiger charge is -2.43. The summed E-state index contributed by atoms with van der Waals surface area (Å²) in [7, 11) is 0. The molecule has 0 radical (unpaired) electrons. The molecule has 0 spiro atoms. The van der Waals surface area contributed by atoms with Gasteiger partial charge < -0.3 is 15.3 Å². The summed E-state index contributed by atoms with van der Waals surface area (Å²) in [5.41, 5.74) is 6.16. The maximum Gasteiger partial charge on any atom is 0.118 e. The van der Waals surface area contributed by atoms with Crippen molar-refractivity contribution in [1.29, 1.82) is 0 Å². The maximum atomic E-state index is 10.1. The van der Waals surface area contributed by atoms with Crippen molar-refractivity contribution in [2.45, 2.75) is 57.8 Å². The van der Waals surface area contributed by atoms with Gasteiger partial charge in [0, 0.05) is 5.41 Å². The van der Waals surface area contributed by atoms with E-state index in [4.69, 9.17) is 0 Å². The van der Waals surface area contributed by atoms with Gasteiger partial charge in [-0.3, -0.25) is 0 Å². The van der Waals surface area contributed by atoms with E-state index in [2.05, 4.69) is 30.3 Å². The largest absolute Gasteiger partial charge is 0.508 e. The molecule has 1 saturated carbocycles. The number of hydrogen-bond acceptors (Lipinski definition) is 3. The Hall–Kier alpha value is -2.94. The third-order valence-corrected chi connectivity index (χ3v) is 6.94. The zero-order valence-electron chi connectivity index (χ0n) is 17.9. The molecule has 3 aromatic rings. The van der Waals surface area contributed by atoms with Crippen molar-refractivity contribution in [2.75, 3.05) is 0 Å². The SMILES string of the molecule is Cc1cc(C2CCCC(c3ccc(O)c(C)c3)(c3ccc(O)c(C)c3)C2)ccc1O. The van der Waals surface area contributed by atoms with Gasteiger partial charge in [0.25, 0.3) is 0 Å². The Balaban J connectivity index is 1.84. The summed E-state index contributed by atoms with van der Waals surface area (Å²) in [5, 5.41) is 30.2. The van der Waals surface area contributed by atoms with Gasteiger partial charge in [-0.2, -0.15) is 0 Å². The molecule has 1 unspecified atom stereocenters. The number of aromatic hydroxyl groups is 3. The summed E-state index contributed by atoms with van der Waals surface area (Å²) in [5.74, 6) is 1.35. The molecule has 0 amide bonds. The summed E-state index contributed by atoms with van der Waals surface area (Å²) in [6.07, 6.45) is 4.17. The second-order valence-corrected chi connectivity index (χ2v) is 8.92. The van der Waals surface area contributed by atoms with Crippen LogP contribution in [-0.2, 0) is 5.41 Å². The molecular formula is C27H30O3. The molecule has 4 rings (SSSR count). The number of benzene rings is 3. The molecule has 30 heavy (non-hydrogen) atoms. The van der Waals surface area contributed by atoms with Crippen molar-refractivity contribution in [3.63, 3.8) is 0 Å². The van der Waals surface area contributed by atoms with Gasteiger partial charge in [-0.15, -0.1) is 0 Å². The molecule has 3 aromatic carbocycles. The van der Waals surface area contributed by atoms with Crippen LogP contribution in [0.2, 0.25) is 0 Å². The van der Waals surface area contributed by atoms with E-state index in [0.717, 1.165) is 42.4 Å². The van der Waals surface area contributed by atoms with E-state index in [-0.39, 0.29) is 5.41 Å². The van der Waals surface area contributed by atoms with Gasteiger partial charge in [0.2, 0.25) is 0 Å². The summed E-state index contributed by atoms with van der Waals surface area (Å²) in [4.78, 5) is 0. The lowest BCUT2D eigenvalue weighted by Crippen LogP contribution is -2.33. The summed E-state index contributed by atoms with van der Waals surface area (Å²) >= 11 is 0. The molecular weight excluding hydrogens is 372 g/mol. The Morgan fingerprint density at radius 1 is 0.700 bits per heavy atom. The van der Waals surface area contributed by atoms with Crippen molar-refractivity contribution < 1.29 is 15.3 Å². The van der Waals surface area contributed by atoms with E-state index in [1.165, 1.54) is 16.7 Å². The number of rotatable bonds is 3. The number of phenols is 3. The molecule has 3 heteroatoms. The van der Waals surface area contributed by atoms with Crippen LogP contribution >= 0.6 is 0 Å². The quantitative estimate of drug-likeness (QED) is 0.477. The zero-order valence-corrected chi connectivity index (χ0v) is 17.9. The molecule has 1 aliphatic carbocycles. The van der Waals surface area contributed by atoms with Crippen LogP contribution in [0.3, 0.4) is 0 Å². The molecule has 0 aromatic heterocycles. The van der Waals surface area contributed by atoms with E-state index < -0.39 is 0 Å². The molecule has 0 bridgehead atoms. The van der Waals surface area contributed by atoms with Crippen molar-refractivity contribution in [1.82, 2.24) is 0 Å². The van der Waals surface area contributed by atoms with Crippen LogP contribution in [0, 0.1) is 20.8 Å². The molecule has 1 atom stereocenters. The predicted octanol–water partition coefficient (Wildman–Crippen LogP) is 6.37. The van der Waals surface area contributed by atoms with Crippen LogP contribution in [-0.4, -0.2) is 15.3 Å². The van der Waals surface area contributed by atoms with Crippen LogP contribution in [0.15, 0.2) is 54.6 Å². The minimum absolute atomic E-state index is 0.189. The predicted molar refractivity (Wildman–Crippen MR) is 121 cm³/mol. The standard InChI is InChI=1S/C27H30O3/c1-17-13-20(6-9-24(17)28)21-5-4-12-27(16-21,22-7-10-25(29)18(2)14-22)23-8-11-26(30)19(3)15-23/h6-11,13-15,21,28-30H,4-5,12,16H2,1-3H3. The Morgan fingerprint density at radius 3 is 1.70 bits per heavy atom. The third kappa shape index (κ3) is 3.54. The number of aryl methyl sites for hydroxylation is 3. The average Bonchev–Trinajstić information content (AvgIpc) is 2.74. The first-order valence-electron chi connectivity index (χ1n) is 10.7. The van der Waals surface area contributed by atoms with Crippen molar-refractivity contribution >= 4 is 0 Å². The maximum absolute atomic E-state index is 10.1. The van der Waals surface area contributed by atoms with Gasteiger partial charge in [-0.1, -0.05) is 42.8 Å². The lowest BCUT2D eigenvalue weighted by molar-refractivity contribution is 0.309. The van der Waals surface area contributed by atoms with Crippen LogP contribution in [0.5, 0.6) is 17.2 Å². The molecule has 156 valence electrons. The van der Waals surface area contributed by atoms with Gasteiger partial charge in [0.15, 0.2) is 0 Å². The van der Waals surface area contributed by atoms with Gasteiger partial charge in [-0.25, -0.2) is 0 Å². The fourth-order valence-corrected chi connectivity index (χ4v) is 5.09. The first-order valence-corrected chi connectivity index (χ1v) is 10.7. The highest BCUT2D eigenvalue weighted by Gasteiger charge is 2.40. The molecule has 3 N–H and O–H groups in total. The molecule has 3 nitrogen and oxygen atoms in total. The van der Waals surface area contributed by atoms with E-state index in [1.54, 1.807) is 18.2 Å². The normalized spacial score (nSPS) is 18.3. The smallest absolute Gasteiger partial charge is 0.118 e. The number of hydrogen-bond donors (Lipinski definition) is 3. The molecule has 1 aliphatic rings. The van der Waals surface area contributed by atoms with E-state index in [9.17, 15) is 15.3 Å². The van der Waals surface area contributed by atoms with Gasteiger partial charge >= 0.3 is 0 Å². The molecule has 0 heterocycles. The minimum Gasteiger partial charge on any atom is -0.508 e. The Morgan fingerprint density at radius 2 is 1.20 bits per heavy atom. The third-order valence-electron chi connectivity index (χ3n) is 6.94. The van der Waals surface area contributed by atoms with Crippen LogP contribution in [0.25, 0.3) is 0 Å². The highest BCUT2D eigenvalue weighted by atomic mass is 16.3. The first kappa shape index (κ1) is 20.3. The highest BCUT2D eigenvalue weighted by Crippen LogP contribution is 2.51. The van der Waals surface area contributed by atoms with Crippen molar-refractivity contribution in [2.24, 2.45) is 0 Å². The fraction of sp³-hybridized carbons (Fsp3) is 0.333. The van der Waals surface area contributed by atoms with Gasteiger partial charge in [0.1, 0.15) is 17.2 Å². The van der Waals surface area contributed by atoms with Crippen LogP contribution < -0.4 is 0 Å². The van der Waals surface area contributed by atoms with Crippen LogP contribution in [0.4, 0.5) is 0 Å². The van der Waals surface area contributed by atoms with Gasteiger partial charge in [-0.05, 0) is 97.5 Å². The number of phenolic OH excluding ortho intramolecular Hbond substituents is 3. The highest BCUT2D eigenvalue weighted by molar-refractivity contribution is 5.49. The second-order valence-electron chi connectivity index (χ2n) is 8.92. The Labute approximate surface area is 178 Å². The molecule has 1 fully saturated rings. The fourth-order valence-electron chi connectivity index (χ4n) is 5.09. The molecule has 0 aliphatic heterocycles. The average molecular weight is 403 g/mol. The molecule has 0 saturated heterocycles. The lowest BCUT2D eigenvalue weighted by atomic mass is 9.61. The minimum atomic E-state index is -0.189. The first-order chi connectivity index (χ1) is 14.3. The van der Waals surface area contributed by atoms with E-state index >= 15 is 0 Å². The summed E-state index contributed by atoms with van der Waals surface area (Å²) in [6.45, 7) is 5.83.